The predicted molar refractivity (Wildman–Crippen MR) is 125 cm³/mol. The molecule has 0 aromatic heterocycles. The molecular weight excluding hydrogens is 407 g/mol. The Morgan fingerprint density at radius 1 is 0.966 bits per heavy atom. The van der Waals surface area contributed by atoms with Gasteiger partial charge in [0.1, 0.15) is 11.5 Å². The summed E-state index contributed by atoms with van der Waals surface area (Å²) in [6.07, 6.45) is 0.995. The van der Waals surface area contributed by atoms with E-state index in [1.807, 2.05) is 32.9 Å². The molecule has 1 aliphatic heterocycles. The molecule has 0 aliphatic carbocycles. The fraction of sp³-hybridized carbons (Fsp3) is 0.478. The minimum absolute atomic E-state index is 0. The van der Waals surface area contributed by atoms with Crippen LogP contribution in [0.3, 0.4) is 0 Å². The monoisotopic (exact) mass is 438 g/mol. The Kier molecular flexibility index (Phi) is 8.50. The third-order valence-electron chi connectivity index (χ3n) is 5.77. The van der Waals surface area contributed by atoms with E-state index >= 15 is 0 Å². The van der Waals surface area contributed by atoms with Crippen molar-refractivity contribution in [3.8, 4) is 11.5 Å². The lowest BCUT2D eigenvalue weighted by Gasteiger charge is -2.36. The number of benzene rings is 2. The highest BCUT2D eigenvalue weighted by Crippen LogP contribution is 2.32. The van der Waals surface area contributed by atoms with Gasteiger partial charge in [0.25, 0.3) is 0 Å². The molecule has 2 aromatic carbocycles. The maximum absolute atomic E-state index is 10.0. The van der Waals surface area contributed by atoms with Gasteiger partial charge in [-0.25, -0.2) is 0 Å². The third kappa shape index (κ3) is 5.71. The van der Waals surface area contributed by atoms with Crippen LogP contribution in [-0.4, -0.2) is 49.3 Å². The fourth-order valence-corrected chi connectivity index (χ4v) is 3.95. The van der Waals surface area contributed by atoms with Gasteiger partial charge in [-0.05, 0) is 74.6 Å². The number of ether oxygens (including phenoxy) is 1. The summed E-state index contributed by atoms with van der Waals surface area (Å²) in [5.41, 5.74) is 5.33. The molecule has 4 nitrogen and oxygen atoms in total. The minimum Gasteiger partial charge on any atom is -0.507 e. The van der Waals surface area contributed by atoms with E-state index in [9.17, 15) is 5.11 Å². The van der Waals surface area contributed by atoms with Crippen molar-refractivity contribution >= 4 is 29.7 Å². The van der Waals surface area contributed by atoms with Crippen LogP contribution in [0.2, 0.25) is 5.02 Å². The first kappa shape index (κ1) is 23.7. The zero-order chi connectivity index (χ0) is 20.3. The molecule has 0 unspecified atom stereocenters. The van der Waals surface area contributed by atoms with E-state index in [1.165, 1.54) is 11.3 Å². The van der Waals surface area contributed by atoms with Crippen LogP contribution in [0.4, 0.5) is 5.69 Å². The lowest BCUT2D eigenvalue weighted by atomic mass is 10.0. The smallest absolute Gasteiger partial charge is 0.122 e. The second-order valence-electron chi connectivity index (χ2n) is 7.75. The molecular formula is C23H32Cl2N2O2. The molecule has 1 N–H and O–H groups in total. The second-order valence-corrected chi connectivity index (χ2v) is 8.19. The first-order valence-corrected chi connectivity index (χ1v) is 10.4. The SMILES string of the molecule is Cc1ccc(Cl)cc1N1CCN(CCCOc2cc(C)c(O)c(C)c2C)CC1.Cl. The van der Waals surface area contributed by atoms with Crippen molar-refractivity contribution in [3.05, 3.63) is 51.5 Å². The number of phenols is 1. The van der Waals surface area contributed by atoms with E-state index in [0.717, 1.165) is 66.6 Å². The molecule has 3 rings (SSSR count). The van der Waals surface area contributed by atoms with Crippen LogP contribution in [0.5, 0.6) is 11.5 Å². The summed E-state index contributed by atoms with van der Waals surface area (Å²) >= 11 is 6.17. The lowest BCUT2D eigenvalue weighted by Crippen LogP contribution is -2.47. The van der Waals surface area contributed by atoms with Crippen molar-refractivity contribution in [3.63, 3.8) is 0 Å². The highest BCUT2D eigenvalue weighted by atomic mass is 35.5. The summed E-state index contributed by atoms with van der Waals surface area (Å²) in [7, 11) is 0. The molecule has 0 spiro atoms. The van der Waals surface area contributed by atoms with Gasteiger partial charge in [0, 0.05) is 43.4 Å². The van der Waals surface area contributed by atoms with E-state index in [-0.39, 0.29) is 12.4 Å². The molecule has 1 fully saturated rings. The largest absolute Gasteiger partial charge is 0.507 e. The maximum atomic E-state index is 10.0. The van der Waals surface area contributed by atoms with Crippen LogP contribution in [0.25, 0.3) is 0 Å². The molecule has 0 bridgehead atoms. The average Bonchev–Trinajstić information content (AvgIpc) is 2.69. The summed E-state index contributed by atoms with van der Waals surface area (Å²) < 4.78 is 6.00. The Bertz CT molecular complexity index is 834. The van der Waals surface area contributed by atoms with Crippen molar-refractivity contribution in [1.29, 1.82) is 0 Å². The molecule has 0 amide bonds. The summed E-state index contributed by atoms with van der Waals surface area (Å²) in [6, 6.07) is 8.06. The number of anilines is 1. The van der Waals surface area contributed by atoms with Gasteiger partial charge in [-0.2, -0.15) is 0 Å². The zero-order valence-corrected chi connectivity index (χ0v) is 19.4. The van der Waals surface area contributed by atoms with Crippen molar-refractivity contribution in [2.75, 3.05) is 44.2 Å². The van der Waals surface area contributed by atoms with Gasteiger partial charge >= 0.3 is 0 Å². The average molecular weight is 439 g/mol. The third-order valence-corrected chi connectivity index (χ3v) is 6.00. The van der Waals surface area contributed by atoms with E-state index < -0.39 is 0 Å². The molecule has 0 radical (unpaired) electrons. The van der Waals surface area contributed by atoms with Crippen molar-refractivity contribution < 1.29 is 9.84 Å². The van der Waals surface area contributed by atoms with Crippen LogP contribution < -0.4 is 9.64 Å². The maximum Gasteiger partial charge on any atom is 0.122 e. The number of phenolic OH excluding ortho intramolecular Hbond substituents is 1. The molecule has 0 atom stereocenters. The molecule has 1 saturated heterocycles. The quantitative estimate of drug-likeness (QED) is 0.621. The predicted octanol–water partition coefficient (Wildman–Crippen LogP) is 5.29. The van der Waals surface area contributed by atoms with Crippen molar-refractivity contribution in [2.24, 2.45) is 0 Å². The van der Waals surface area contributed by atoms with Gasteiger partial charge in [-0.15, -0.1) is 12.4 Å². The van der Waals surface area contributed by atoms with Crippen LogP contribution in [-0.2, 0) is 0 Å². The Balaban J connectivity index is 0.00000300. The van der Waals surface area contributed by atoms with Gasteiger partial charge in [-0.3, -0.25) is 4.90 Å². The Labute approximate surface area is 185 Å². The van der Waals surface area contributed by atoms with Gasteiger partial charge in [0.2, 0.25) is 0 Å². The van der Waals surface area contributed by atoms with E-state index in [0.29, 0.717) is 12.4 Å². The Morgan fingerprint density at radius 2 is 1.66 bits per heavy atom. The van der Waals surface area contributed by atoms with Crippen molar-refractivity contribution in [2.45, 2.75) is 34.1 Å². The Hall–Kier alpha value is -1.62. The molecule has 29 heavy (non-hydrogen) atoms. The van der Waals surface area contributed by atoms with E-state index in [2.05, 4.69) is 28.9 Å². The van der Waals surface area contributed by atoms with Gasteiger partial charge in [-0.1, -0.05) is 17.7 Å². The second kappa shape index (κ2) is 10.4. The number of aryl methyl sites for hydroxylation is 2. The lowest BCUT2D eigenvalue weighted by molar-refractivity contribution is 0.224. The zero-order valence-electron chi connectivity index (χ0n) is 17.8. The molecule has 2 aromatic rings. The number of hydrogen-bond donors (Lipinski definition) is 1. The van der Waals surface area contributed by atoms with Crippen molar-refractivity contribution in [1.82, 2.24) is 4.90 Å². The number of aromatic hydroxyl groups is 1. The highest BCUT2D eigenvalue weighted by Gasteiger charge is 2.18. The van der Waals surface area contributed by atoms with Gasteiger partial charge < -0.3 is 14.7 Å². The Morgan fingerprint density at radius 3 is 2.34 bits per heavy atom. The fourth-order valence-electron chi connectivity index (χ4n) is 3.79. The molecule has 1 aliphatic rings. The van der Waals surface area contributed by atoms with Crippen LogP contribution >= 0.6 is 24.0 Å². The minimum atomic E-state index is 0. The van der Waals surface area contributed by atoms with E-state index in [4.69, 9.17) is 16.3 Å². The number of rotatable bonds is 6. The number of halogens is 2. The van der Waals surface area contributed by atoms with E-state index in [1.54, 1.807) is 0 Å². The topological polar surface area (TPSA) is 35.9 Å². The first-order chi connectivity index (χ1) is 13.4. The molecule has 160 valence electrons. The first-order valence-electron chi connectivity index (χ1n) is 10.0. The summed E-state index contributed by atoms with van der Waals surface area (Å²) in [4.78, 5) is 4.93. The standard InChI is InChI=1S/C23H31ClN2O2.ClH/c1-16-6-7-20(24)15-21(16)26-11-9-25(10-12-26)8-5-13-28-22-14-17(2)23(27)19(4)18(22)3;/h6-7,14-15,27H,5,8-13H2,1-4H3;1H. The summed E-state index contributed by atoms with van der Waals surface area (Å²) in [5, 5.41) is 10.8. The van der Waals surface area contributed by atoms with Crippen LogP contribution in [0.1, 0.15) is 28.7 Å². The van der Waals surface area contributed by atoms with Crippen LogP contribution in [0, 0.1) is 27.7 Å². The number of nitrogens with zero attached hydrogens (tertiary/aromatic N) is 2. The molecule has 0 saturated carbocycles. The summed E-state index contributed by atoms with van der Waals surface area (Å²) in [5.74, 6) is 1.26. The highest BCUT2D eigenvalue weighted by molar-refractivity contribution is 6.30. The number of piperazine rings is 1. The normalized spacial score (nSPS) is 14.6. The summed E-state index contributed by atoms with van der Waals surface area (Å²) in [6.45, 7) is 13.9. The molecule has 1 heterocycles. The van der Waals surface area contributed by atoms with Gasteiger partial charge in [0.15, 0.2) is 0 Å². The molecule has 6 heteroatoms. The van der Waals surface area contributed by atoms with Gasteiger partial charge in [0.05, 0.1) is 6.61 Å². The van der Waals surface area contributed by atoms with Crippen LogP contribution in [0.15, 0.2) is 24.3 Å². The number of hydrogen-bond acceptors (Lipinski definition) is 4.